The van der Waals surface area contributed by atoms with Gasteiger partial charge in [-0.15, -0.1) is 0 Å². The summed E-state index contributed by atoms with van der Waals surface area (Å²) in [7, 11) is -4.11. The number of nitrogens with one attached hydrogen (secondary N) is 1. The van der Waals surface area contributed by atoms with Crippen molar-refractivity contribution in [2.45, 2.75) is 57.6 Å². The van der Waals surface area contributed by atoms with E-state index in [1.54, 1.807) is 67.6 Å². The van der Waals surface area contributed by atoms with Crippen LogP contribution in [0.4, 0.5) is 5.69 Å². The van der Waals surface area contributed by atoms with Crippen LogP contribution in [-0.2, 0) is 26.2 Å². The molecule has 10 heteroatoms. The lowest BCUT2D eigenvalue weighted by Crippen LogP contribution is -2.53. The number of para-hydroxylation sites is 1. The van der Waals surface area contributed by atoms with E-state index in [4.69, 9.17) is 23.2 Å². The molecular formula is C29H33Cl2N3O4S. The van der Waals surface area contributed by atoms with Gasteiger partial charge in [-0.3, -0.25) is 13.9 Å². The maximum atomic E-state index is 14.0. The van der Waals surface area contributed by atoms with Gasteiger partial charge >= 0.3 is 0 Å². The van der Waals surface area contributed by atoms with Crippen molar-refractivity contribution < 1.29 is 18.0 Å². The highest BCUT2D eigenvalue weighted by molar-refractivity contribution is 7.92. The normalized spacial score (nSPS) is 12.2. The molecule has 208 valence electrons. The van der Waals surface area contributed by atoms with Crippen molar-refractivity contribution in [3.63, 3.8) is 0 Å². The number of carbonyl (C=O) groups is 2. The fraction of sp³-hybridized carbons (Fsp3) is 0.310. The Labute approximate surface area is 240 Å². The van der Waals surface area contributed by atoms with Crippen LogP contribution < -0.4 is 9.62 Å². The van der Waals surface area contributed by atoms with Crippen molar-refractivity contribution >= 4 is 50.7 Å². The van der Waals surface area contributed by atoms with Gasteiger partial charge in [-0.1, -0.05) is 72.1 Å². The highest BCUT2D eigenvalue weighted by atomic mass is 35.5. The Morgan fingerprint density at radius 1 is 0.923 bits per heavy atom. The van der Waals surface area contributed by atoms with E-state index in [1.165, 1.54) is 17.0 Å². The number of aryl methyl sites for hydroxylation is 1. The predicted octanol–water partition coefficient (Wildman–Crippen LogP) is 5.83. The monoisotopic (exact) mass is 589 g/mol. The number of sulfonamides is 1. The highest BCUT2D eigenvalue weighted by Gasteiger charge is 2.33. The molecule has 7 nitrogen and oxygen atoms in total. The maximum Gasteiger partial charge on any atom is 0.264 e. The van der Waals surface area contributed by atoms with Crippen molar-refractivity contribution in [2.75, 3.05) is 10.8 Å². The molecule has 1 atom stereocenters. The lowest BCUT2D eigenvalue weighted by Gasteiger charge is -2.33. The van der Waals surface area contributed by atoms with Gasteiger partial charge in [0.15, 0.2) is 0 Å². The summed E-state index contributed by atoms with van der Waals surface area (Å²) in [6.07, 6.45) is 0.321. The molecule has 0 unspecified atom stereocenters. The predicted molar refractivity (Wildman–Crippen MR) is 157 cm³/mol. The van der Waals surface area contributed by atoms with Crippen LogP contribution in [0, 0.1) is 6.92 Å². The average molecular weight is 591 g/mol. The second kappa shape index (κ2) is 13.3. The fourth-order valence-electron chi connectivity index (χ4n) is 4.10. The SMILES string of the molecule is CC[C@H](C(=O)NC(C)C)N(Cc1ccc(Cl)c(Cl)c1)C(=O)CN(c1ccccc1)S(=O)(=O)c1ccc(C)cc1. The van der Waals surface area contributed by atoms with Gasteiger partial charge in [-0.05, 0) is 69.2 Å². The first-order valence-corrected chi connectivity index (χ1v) is 14.8. The largest absolute Gasteiger partial charge is 0.352 e. The molecule has 0 radical (unpaired) electrons. The zero-order valence-electron chi connectivity index (χ0n) is 22.4. The molecule has 0 heterocycles. The molecule has 0 bridgehead atoms. The van der Waals surface area contributed by atoms with Crippen LogP contribution >= 0.6 is 23.2 Å². The number of hydrogen-bond acceptors (Lipinski definition) is 4. The van der Waals surface area contributed by atoms with Gasteiger partial charge in [0.25, 0.3) is 10.0 Å². The summed E-state index contributed by atoms with van der Waals surface area (Å²) < 4.78 is 28.7. The van der Waals surface area contributed by atoms with Crippen LogP contribution in [0.25, 0.3) is 0 Å². The van der Waals surface area contributed by atoms with Gasteiger partial charge in [0.05, 0.1) is 20.6 Å². The first kappa shape index (κ1) is 30.5. The summed E-state index contributed by atoms with van der Waals surface area (Å²) >= 11 is 12.3. The number of anilines is 1. The van der Waals surface area contributed by atoms with Crippen LogP contribution in [0.15, 0.2) is 77.7 Å². The standard InChI is InChI=1S/C29H33Cl2N3O4S/c1-5-27(29(36)32-20(2)3)33(18-22-13-16-25(30)26(31)17-22)28(35)19-34(23-9-7-6-8-10-23)39(37,38)24-14-11-21(4)12-15-24/h6-17,20,27H,5,18-19H2,1-4H3,(H,32,36)/t27-/m1/s1. The molecule has 3 aromatic rings. The van der Waals surface area contributed by atoms with Gasteiger partial charge in [0, 0.05) is 12.6 Å². The third kappa shape index (κ3) is 7.75. The van der Waals surface area contributed by atoms with E-state index in [0.29, 0.717) is 27.7 Å². The molecule has 0 spiro atoms. The molecule has 0 aliphatic heterocycles. The Kier molecular flexibility index (Phi) is 10.4. The van der Waals surface area contributed by atoms with Crippen molar-refractivity contribution in [1.82, 2.24) is 10.2 Å². The van der Waals surface area contributed by atoms with Crippen molar-refractivity contribution in [3.05, 3.63) is 94.0 Å². The lowest BCUT2D eigenvalue weighted by molar-refractivity contribution is -0.140. The molecule has 0 fully saturated rings. The number of amides is 2. The van der Waals surface area contributed by atoms with Crippen molar-refractivity contribution in [3.8, 4) is 0 Å². The van der Waals surface area contributed by atoms with E-state index in [9.17, 15) is 18.0 Å². The zero-order valence-corrected chi connectivity index (χ0v) is 24.7. The first-order chi connectivity index (χ1) is 18.4. The molecule has 39 heavy (non-hydrogen) atoms. The van der Waals surface area contributed by atoms with Crippen LogP contribution in [0.1, 0.15) is 38.3 Å². The maximum absolute atomic E-state index is 14.0. The average Bonchev–Trinajstić information content (AvgIpc) is 2.89. The van der Waals surface area contributed by atoms with E-state index in [2.05, 4.69) is 5.32 Å². The molecular weight excluding hydrogens is 557 g/mol. The number of carbonyl (C=O) groups excluding carboxylic acids is 2. The second-order valence-electron chi connectivity index (χ2n) is 9.52. The fourth-order valence-corrected chi connectivity index (χ4v) is 5.83. The van der Waals surface area contributed by atoms with E-state index in [1.807, 2.05) is 20.8 Å². The Hall–Kier alpha value is -3.07. The molecule has 2 amide bonds. The number of nitrogens with zero attached hydrogens (tertiary/aromatic N) is 2. The summed E-state index contributed by atoms with van der Waals surface area (Å²) in [6, 6.07) is 18.9. The number of benzene rings is 3. The summed E-state index contributed by atoms with van der Waals surface area (Å²) in [6.45, 7) is 6.86. The molecule has 1 N–H and O–H groups in total. The Morgan fingerprint density at radius 3 is 2.13 bits per heavy atom. The van der Waals surface area contributed by atoms with Gasteiger partial charge in [0.2, 0.25) is 11.8 Å². The summed E-state index contributed by atoms with van der Waals surface area (Å²) in [5.41, 5.74) is 1.90. The quantitative estimate of drug-likeness (QED) is 0.305. The van der Waals surface area contributed by atoms with E-state index in [-0.39, 0.29) is 23.4 Å². The minimum Gasteiger partial charge on any atom is -0.352 e. The van der Waals surface area contributed by atoms with Crippen molar-refractivity contribution in [2.24, 2.45) is 0 Å². The van der Waals surface area contributed by atoms with Gasteiger partial charge < -0.3 is 10.2 Å². The number of halogens is 2. The third-order valence-electron chi connectivity index (χ3n) is 6.09. The van der Waals surface area contributed by atoms with Crippen LogP contribution in [0.2, 0.25) is 10.0 Å². The summed E-state index contributed by atoms with van der Waals surface area (Å²) in [5, 5.41) is 3.55. The van der Waals surface area contributed by atoms with Crippen LogP contribution in [0.3, 0.4) is 0 Å². The Bertz CT molecular complexity index is 1400. The molecule has 0 aliphatic rings. The minimum absolute atomic E-state index is 0.0347. The van der Waals surface area contributed by atoms with E-state index >= 15 is 0 Å². The number of rotatable bonds is 11. The van der Waals surface area contributed by atoms with E-state index < -0.39 is 28.5 Å². The molecule has 0 saturated heterocycles. The molecule has 3 rings (SSSR count). The Balaban J connectivity index is 2.05. The third-order valence-corrected chi connectivity index (χ3v) is 8.61. The van der Waals surface area contributed by atoms with Crippen molar-refractivity contribution in [1.29, 1.82) is 0 Å². The molecule has 0 saturated carbocycles. The molecule has 0 aromatic heterocycles. The van der Waals surface area contributed by atoms with Crippen LogP contribution in [-0.4, -0.2) is 43.8 Å². The van der Waals surface area contributed by atoms with Crippen LogP contribution in [0.5, 0.6) is 0 Å². The molecule has 3 aromatic carbocycles. The lowest BCUT2D eigenvalue weighted by atomic mass is 10.1. The minimum atomic E-state index is -4.11. The highest BCUT2D eigenvalue weighted by Crippen LogP contribution is 2.26. The van der Waals surface area contributed by atoms with E-state index in [0.717, 1.165) is 9.87 Å². The summed E-state index contributed by atoms with van der Waals surface area (Å²) in [5.74, 6) is -0.861. The zero-order chi connectivity index (χ0) is 28.7. The second-order valence-corrected chi connectivity index (χ2v) is 12.2. The first-order valence-electron chi connectivity index (χ1n) is 12.6. The number of hydrogen-bond donors (Lipinski definition) is 1. The van der Waals surface area contributed by atoms with Gasteiger partial charge in [-0.25, -0.2) is 8.42 Å². The topological polar surface area (TPSA) is 86.8 Å². The Morgan fingerprint density at radius 2 is 1.56 bits per heavy atom. The molecule has 0 aliphatic carbocycles. The van der Waals surface area contributed by atoms with Gasteiger partial charge in [-0.2, -0.15) is 0 Å². The summed E-state index contributed by atoms with van der Waals surface area (Å²) in [4.78, 5) is 28.6. The smallest absolute Gasteiger partial charge is 0.264 e. The van der Waals surface area contributed by atoms with Gasteiger partial charge in [0.1, 0.15) is 12.6 Å².